The summed E-state index contributed by atoms with van der Waals surface area (Å²) in [5, 5.41) is 43.1. The molecule has 4 aromatic rings. The second kappa shape index (κ2) is 9.26. The van der Waals surface area contributed by atoms with E-state index in [0.29, 0.717) is 33.9 Å². The van der Waals surface area contributed by atoms with Crippen LogP contribution in [-0.4, -0.2) is 50.5 Å². The SMILES string of the molecule is Cc1nn(CSc2nnc(C)n2/N=C/c2ccc(Cn3cc([N+](=O)[O-])cn3)o2)c(C)c1[N+](=O)[O-]. The van der Waals surface area contributed by atoms with Gasteiger partial charge in [0, 0.05) is 0 Å². The van der Waals surface area contributed by atoms with E-state index in [1.807, 2.05) is 0 Å². The Bertz CT molecular complexity index is 1400. The van der Waals surface area contributed by atoms with Crippen LogP contribution < -0.4 is 0 Å². The Labute approximate surface area is 195 Å². The largest absolute Gasteiger partial charge is 0.458 e. The lowest BCUT2D eigenvalue weighted by atomic mass is 10.3. The first-order valence-corrected chi connectivity index (χ1v) is 10.7. The first kappa shape index (κ1) is 22.8. The van der Waals surface area contributed by atoms with E-state index in [2.05, 4.69) is 25.5 Å². The first-order valence-electron chi connectivity index (χ1n) is 9.76. The van der Waals surface area contributed by atoms with Crippen molar-refractivity contribution in [3.63, 3.8) is 0 Å². The first-order chi connectivity index (χ1) is 16.2. The summed E-state index contributed by atoms with van der Waals surface area (Å²) >= 11 is 1.27. The van der Waals surface area contributed by atoms with Gasteiger partial charge in [-0.25, -0.2) is 0 Å². The lowest BCUT2D eigenvalue weighted by Gasteiger charge is -2.03. The molecule has 176 valence electrons. The highest BCUT2D eigenvalue weighted by molar-refractivity contribution is 7.98. The summed E-state index contributed by atoms with van der Waals surface area (Å²) in [5.41, 5.74) is 0.690. The minimum atomic E-state index is -0.517. The molecule has 0 amide bonds. The van der Waals surface area contributed by atoms with Crippen molar-refractivity contribution < 1.29 is 14.3 Å². The van der Waals surface area contributed by atoms with Gasteiger partial charge in [0.15, 0.2) is 5.82 Å². The fourth-order valence-corrected chi connectivity index (χ4v) is 4.00. The third-order valence-corrected chi connectivity index (χ3v) is 5.63. The molecule has 0 bridgehead atoms. The fourth-order valence-electron chi connectivity index (χ4n) is 3.11. The monoisotopic (exact) mass is 486 g/mol. The molecule has 0 saturated heterocycles. The van der Waals surface area contributed by atoms with Crippen LogP contribution in [0.3, 0.4) is 0 Å². The Balaban J connectivity index is 1.45. The standard InChI is InChI=1S/C18H18N10O5S/c1-11-17(28(31)32)12(2)25(23-11)10-34-18-22-21-13(3)26(18)20-7-15-4-5-16(33-15)9-24-8-14(6-19-24)27(29)30/h4-8H,9-10H2,1-3H3/b20-7+. The zero-order chi connectivity index (χ0) is 24.4. The third-order valence-electron chi connectivity index (χ3n) is 4.74. The number of furan rings is 1. The van der Waals surface area contributed by atoms with E-state index in [0.717, 1.165) is 0 Å². The summed E-state index contributed by atoms with van der Waals surface area (Å²) in [6.45, 7) is 5.20. The minimum Gasteiger partial charge on any atom is -0.458 e. The number of nitrogens with zero attached hydrogens (tertiary/aromatic N) is 10. The molecule has 0 aromatic carbocycles. The maximum atomic E-state index is 11.2. The highest BCUT2D eigenvalue weighted by atomic mass is 32.2. The van der Waals surface area contributed by atoms with Crippen LogP contribution in [0.4, 0.5) is 11.4 Å². The predicted octanol–water partition coefficient (Wildman–Crippen LogP) is 2.69. The van der Waals surface area contributed by atoms with Crippen molar-refractivity contribution in [3.05, 3.63) is 73.5 Å². The molecule has 0 aliphatic carbocycles. The van der Waals surface area contributed by atoms with Crippen molar-refractivity contribution in [1.29, 1.82) is 0 Å². The molecule has 15 nitrogen and oxygen atoms in total. The Morgan fingerprint density at radius 2 is 1.97 bits per heavy atom. The van der Waals surface area contributed by atoms with E-state index >= 15 is 0 Å². The van der Waals surface area contributed by atoms with Gasteiger partial charge in [0.05, 0.1) is 28.5 Å². The number of rotatable bonds is 9. The zero-order valence-corrected chi connectivity index (χ0v) is 19.0. The Morgan fingerprint density at radius 3 is 2.65 bits per heavy atom. The zero-order valence-electron chi connectivity index (χ0n) is 18.2. The Hall–Kier alpha value is -4.34. The molecule has 34 heavy (non-hydrogen) atoms. The van der Waals surface area contributed by atoms with Crippen LogP contribution in [0.15, 0.2) is 39.2 Å². The van der Waals surface area contributed by atoms with Crippen LogP contribution in [0.25, 0.3) is 0 Å². The van der Waals surface area contributed by atoms with Crippen molar-refractivity contribution in [1.82, 2.24) is 34.4 Å². The summed E-state index contributed by atoms with van der Waals surface area (Å²) in [6, 6.07) is 3.43. The second-order valence-corrected chi connectivity index (χ2v) is 8.00. The molecule has 4 aromatic heterocycles. The van der Waals surface area contributed by atoms with Gasteiger partial charge in [-0.15, -0.1) is 10.2 Å². The van der Waals surface area contributed by atoms with Crippen LogP contribution in [0.1, 0.15) is 28.7 Å². The van der Waals surface area contributed by atoms with Gasteiger partial charge in [0.1, 0.15) is 35.3 Å². The summed E-state index contributed by atoms with van der Waals surface area (Å²) in [5.74, 6) is 1.82. The number of thioether (sulfide) groups is 1. The lowest BCUT2D eigenvalue weighted by Crippen LogP contribution is -2.02. The molecule has 0 aliphatic heterocycles. The van der Waals surface area contributed by atoms with E-state index in [-0.39, 0.29) is 23.8 Å². The topological polar surface area (TPSA) is 178 Å². The summed E-state index contributed by atoms with van der Waals surface area (Å²) in [7, 11) is 0. The third kappa shape index (κ3) is 4.70. The molecule has 0 radical (unpaired) electrons. The quantitative estimate of drug-likeness (QED) is 0.148. The van der Waals surface area contributed by atoms with E-state index in [4.69, 9.17) is 4.42 Å². The van der Waals surface area contributed by atoms with Crippen LogP contribution in [0.2, 0.25) is 0 Å². The molecule has 0 aliphatic rings. The molecule has 0 atom stereocenters. The van der Waals surface area contributed by atoms with E-state index in [9.17, 15) is 20.2 Å². The van der Waals surface area contributed by atoms with Gasteiger partial charge < -0.3 is 4.42 Å². The summed E-state index contributed by atoms with van der Waals surface area (Å²) < 4.78 is 10.2. The van der Waals surface area contributed by atoms with Gasteiger partial charge in [0.25, 0.3) is 0 Å². The van der Waals surface area contributed by atoms with Gasteiger partial charge in [-0.2, -0.15) is 20.0 Å². The van der Waals surface area contributed by atoms with E-state index < -0.39 is 9.85 Å². The van der Waals surface area contributed by atoms with Crippen molar-refractivity contribution >= 4 is 29.4 Å². The highest BCUT2D eigenvalue weighted by Gasteiger charge is 2.22. The van der Waals surface area contributed by atoms with Crippen LogP contribution in [0.5, 0.6) is 0 Å². The number of nitro groups is 2. The van der Waals surface area contributed by atoms with Crippen molar-refractivity contribution in [3.8, 4) is 0 Å². The highest BCUT2D eigenvalue weighted by Crippen LogP contribution is 2.25. The van der Waals surface area contributed by atoms with Gasteiger partial charge in [-0.1, -0.05) is 11.8 Å². The number of hydrogen-bond acceptors (Lipinski definition) is 11. The molecule has 0 N–H and O–H groups in total. The lowest BCUT2D eigenvalue weighted by molar-refractivity contribution is -0.386. The number of hydrogen-bond donors (Lipinski definition) is 0. The second-order valence-electron chi connectivity index (χ2n) is 7.09. The van der Waals surface area contributed by atoms with Gasteiger partial charge in [0.2, 0.25) is 5.16 Å². The summed E-state index contributed by atoms with van der Waals surface area (Å²) in [4.78, 5) is 21.0. The smallest absolute Gasteiger partial charge is 0.312 e. The van der Waals surface area contributed by atoms with Crippen LogP contribution in [0, 0.1) is 41.0 Å². The normalized spacial score (nSPS) is 11.5. The molecule has 0 saturated carbocycles. The minimum absolute atomic E-state index is 0.00499. The molecule has 0 fully saturated rings. The van der Waals surface area contributed by atoms with Gasteiger partial charge in [-0.3, -0.25) is 29.6 Å². The Morgan fingerprint density at radius 1 is 1.18 bits per heavy atom. The van der Waals surface area contributed by atoms with Gasteiger partial charge >= 0.3 is 11.4 Å². The van der Waals surface area contributed by atoms with Crippen molar-refractivity contribution in [2.75, 3.05) is 0 Å². The van der Waals surface area contributed by atoms with Crippen LogP contribution >= 0.6 is 11.8 Å². The van der Waals surface area contributed by atoms with Crippen LogP contribution in [-0.2, 0) is 12.4 Å². The summed E-state index contributed by atoms with van der Waals surface area (Å²) in [6.07, 6.45) is 3.98. The molecular formula is C18H18N10O5S. The van der Waals surface area contributed by atoms with E-state index in [1.165, 1.54) is 44.4 Å². The molecule has 4 heterocycles. The number of aryl methyl sites for hydroxylation is 2. The molecule has 0 unspecified atom stereocenters. The molecule has 0 spiro atoms. The average molecular weight is 486 g/mol. The maximum Gasteiger partial charge on any atom is 0.312 e. The molecule has 16 heteroatoms. The molecule has 4 rings (SSSR count). The van der Waals surface area contributed by atoms with E-state index in [1.54, 1.807) is 32.9 Å². The van der Waals surface area contributed by atoms with Gasteiger partial charge in [-0.05, 0) is 32.9 Å². The Kier molecular flexibility index (Phi) is 6.22. The average Bonchev–Trinajstić information content (AvgIpc) is 3.54. The maximum absolute atomic E-state index is 11.2. The number of aromatic nitrogens is 7. The molecular weight excluding hydrogens is 468 g/mol. The fraction of sp³-hybridized carbons (Fsp3) is 0.278. The van der Waals surface area contributed by atoms with Crippen molar-refractivity contribution in [2.45, 2.75) is 38.3 Å². The van der Waals surface area contributed by atoms with Crippen molar-refractivity contribution in [2.24, 2.45) is 5.10 Å². The predicted molar refractivity (Wildman–Crippen MR) is 119 cm³/mol.